The first kappa shape index (κ1) is 13.4. The van der Waals surface area contributed by atoms with Gasteiger partial charge in [0.05, 0.1) is 5.69 Å². The smallest absolute Gasteiger partial charge is 0.203 e. The summed E-state index contributed by atoms with van der Waals surface area (Å²) < 4.78 is 2.34. The third-order valence-corrected chi connectivity index (χ3v) is 3.51. The van der Waals surface area contributed by atoms with Gasteiger partial charge in [-0.15, -0.1) is 0 Å². The second-order valence-corrected chi connectivity index (χ2v) is 5.95. The van der Waals surface area contributed by atoms with E-state index in [4.69, 9.17) is 0 Å². The van der Waals surface area contributed by atoms with E-state index in [0.29, 0.717) is 12.0 Å². The van der Waals surface area contributed by atoms with Crippen LogP contribution in [-0.4, -0.2) is 41.1 Å². The number of nitrogens with zero attached hydrogens (tertiary/aromatic N) is 3. The summed E-state index contributed by atoms with van der Waals surface area (Å²) in [6.07, 6.45) is 4.73. The molecule has 0 amide bonds. The Morgan fingerprint density at radius 1 is 1.50 bits per heavy atom. The highest BCUT2D eigenvalue weighted by molar-refractivity contribution is 5.29. The standard InChI is InChI=1S/C14H26N4/c1-11(2)8-15-14-16-12(3)9-18(14)13-6-5-7-17(4)10-13/h9,11,13H,5-8,10H2,1-4H3,(H,15,16). The average Bonchev–Trinajstić information content (AvgIpc) is 2.68. The Balaban J connectivity index is 2.10. The second-order valence-electron chi connectivity index (χ2n) is 5.95. The molecule has 0 aliphatic carbocycles. The number of nitrogens with one attached hydrogen (secondary N) is 1. The summed E-state index contributed by atoms with van der Waals surface area (Å²) in [6, 6.07) is 0.569. The van der Waals surface area contributed by atoms with E-state index in [2.05, 4.69) is 53.8 Å². The molecule has 1 aromatic heterocycles. The lowest BCUT2D eigenvalue weighted by molar-refractivity contribution is 0.213. The maximum Gasteiger partial charge on any atom is 0.203 e. The maximum absolute atomic E-state index is 4.62. The first-order chi connectivity index (χ1) is 8.56. The van der Waals surface area contributed by atoms with Gasteiger partial charge in [-0.1, -0.05) is 13.8 Å². The van der Waals surface area contributed by atoms with E-state index in [1.807, 2.05) is 0 Å². The van der Waals surface area contributed by atoms with Crippen LogP contribution in [0.2, 0.25) is 0 Å². The van der Waals surface area contributed by atoms with Crippen molar-refractivity contribution in [2.24, 2.45) is 5.92 Å². The number of imidazole rings is 1. The van der Waals surface area contributed by atoms with E-state index in [0.717, 1.165) is 24.7 Å². The Morgan fingerprint density at radius 2 is 2.28 bits per heavy atom. The van der Waals surface area contributed by atoms with Gasteiger partial charge in [0.15, 0.2) is 0 Å². The predicted octanol–water partition coefficient (Wildman–Crippen LogP) is 2.53. The van der Waals surface area contributed by atoms with Crippen molar-refractivity contribution in [1.82, 2.24) is 14.5 Å². The minimum Gasteiger partial charge on any atom is -0.355 e. The van der Waals surface area contributed by atoms with Crippen LogP contribution in [0.1, 0.15) is 38.4 Å². The molecule has 1 N–H and O–H groups in total. The fourth-order valence-corrected chi connectivity index (χ4v) is 2.59. The lowest BCUT2D eigenvalue weighted by atomic mass is 10.1. The molecule has 0 aromatic carbocycles. The number of rotatable bonds is 4. The van der Waals surface area contributed by atoms with E-state index in [9.17, 15) is 0 Å². The number of likely N-dealkylation sites (N-methyl/N-ethyl adjacent to an activating group) is 1. The first-order valence-corrected chi connectivity index (χ1v) is 7.04. The van der Waals surface area contributed by atoms with Gasteiger partial charge < -0.3 is 14.8 Å². The minimum absolute atomic E-state index is 0.569. The third-order valence-electron chi connectivity index (χ3n) is 3.51. The van der Waals surface area contributed by atoms with Crippen molar-refractivity contribution >= 4 is 5.95 Å². The molecule has 1 aliphatic heterocycles. The third kappa shape index (κ3) is 3.25. The van der Waals surface area contributed by atoms with E-state index in [1.165, 1.54) is 19.4 Å². The minimum atomic E-state index is 0.569. The van der Waals surface area contributed by atoms with Crippen molar-refractivity contribution in [1.29, 1.82) is 0 Å². The van der Waals surface area contributed by atoms with Crippen LogP contribution in [0, 0.1) is 12.8 Å². The van der Waals surface area contributed by atoms with Gasteiger partial charge >= 0.3 is 0 Å². The molecule has 2 heterocycles. The molecule has 4 nitrogen and oxygen atoms in total. The van der Waals surface area contributed by atoms with Gasteiger partial charge in [0.25, 0.3) is 0 Å². The molecule has 0 spiro atoms. The Morgan fingerprint density at radius 3 is 2.94 bits per heavy atom. The van der Waals surface area contributed by atoms with Crippen LogP contribution >= 0.6 is 0 Å². The summed E-state index contributed by atoms with van der Waals surface area (Å²) in [5.74, 6) is 1.69. The second kappa shape index (κ2) is 5.74. The zero-order valence-electron chi connectivity index (χ0n) is 12.1. The molecule has 102 valence electrons. The molecule has 1 saturated heterocycles. The fraction of sp³-hybridized carbons (Fsp3) is 0.786. The van der Waals surface area contributed by atoms with E-state index in [-0.39, 0.29) is 0 Å². The van der Waals surface area contributed by atoms with Crippen LogP contribution < -0.4 is 5.32 Å². The highest BCUT2D eigenvalue weighted by Gasteiger charge is 2.21. The molecule has 18 heavy (non-hydrogen) atoms. The Hall–Kier alpha value is -1.03. The van der Waals surface area contributed by atoms with E-state index >= 15 is 0 Å². The summed E-state index contributed by atoms with van der Waals surface area (Å²) in [7, 11) is 2.21. The van der Waals surface area contributed by atoms with E-state index < -0.39 is 0 Å². The summed E-state index contributed by atoms with van der Waals surface area (Å²) in [4.78, 5) is 7.03. The zero-order chi connectivity index (χ0) is 13.1. The van der Waals surface area contributed by atoms with Gasteiger partial charge in [-0.2, -0.15) is 0 Å². The van der Waals surface area contributed by atoms with Crippen LogP contribution in [0.5, 0.6) is 0 Å². The monoisotopic (exact) mass is 250 g/mol. The molecule has 0 bridgehead atoms. The molecule has 1 aromatic rings. The number of hydrogen-bond donors (Lipinski definition) is 1. The molecule has 0 saturated carbocycles. The summed E-state index contributed by atoms with van der Waals surface area (Å²) >= 11 is 0. The van der Waals surface area contributed by atoms with Crippen LogP contribution in [-0.2, 0) is 0 Å². The van der Waals surface area contributed by atoms with Gasteiger partial charge in [0.2, 0.25) is 5.95 Å². The van der Waals surface area contributed by atoms with Crippen molar-refractivity contribution in [3.8, 4) is 0 Å². The van der Waals surface area contributed by atoms with Gasteiger partial charge in [-0.05, 0) is 39.3 Å². The molecular formula is C14H26N4. The molecule has 0 radical (unpaired) electrons. The molecular weight excluding hydrogens is 224 g/mol. The average molecular weight is 250 g/mol. The van der Waals surface area contributed by atoms with Crippen molar-refractivity contribution in [3.63, 3.8) is 0 Å². The predicted molar refractivity (Wildman–Crippen MR) is 76.1 cm³/mol. The molecule has 1 atom stereocenters. The van der Waals surface area contributed by atoms with Crippen molar-refractivity contribution < 1.29 is 0 Å². The summed E-state index contributed by atoms with van der Waals surface area (Å²) in [5, 5.41) is 3.48. The molecule has 1 aliphatic rings. The Kier molecular flexibility index (Phi) is 4.27. The molecule has 1 unspecified atom stereocenters. The van der Waals surface area contributed by atoms with Crippen molar-refractivity contribution in [2.75, 3.05) is 32.0 Å². The van der Waals surface area contributed by atoms with Crippen LogP contribution in [0.4, 0.5) is 5.95 Å². The SMILES string of the molecule is Cc1cn(C2CCCN(C)C2)c(NCC(C)C)n1. The topological polar surface area (TPSA) is 33.1 Å². The molecule has 4 heteroatoms. The number of hydrogen-bond acceptors (Lipinski definition) is 3. The number of aryl methyl sites for hydroxylation is 1. The first-order valence-electron chi connectivity index (χ1n) is 7.04. The lowest BCUT2D eigenvalue weighted by Gasteiger charge is -2.31. The highest BCUT2D eigenvalue weighted by atomic mass is 15.2. The Bertz CT molecular complexity index is 383. The summed E-state index contributed by atoms with van der Waals surface area (Å²) in [6.45, 7) is 9.86. The largest absolute Gasteiger partial charge is 0.355 e. The maximum atomic E-state index is 4.62. The quantitative estimate of drug-likeness (QED) is 0.891. The van der Waals surface area contributed by atoms with Gasteiger partial charge in [0.1, 0.15) is 0 Å². The number of likely N-dealkylation sites (tertiary alicyclic amines) is 1. The van der Waals surface area contributed by atoms with Crippen LogP contribution in [0.15, 0.2) is 6.20 Å². The highest BCUT2D eigenvalue weighted by Crippen LogP contribution is 2.24. The fourth-order valence-electron chi connectivity index (χ4n) is 2.59. The van der Waals surface area contributed by atoms with Crippen LogP contribution in [0.3, 0.4) is 0 Å². The Labute approximate surface area is 110 Å². The zero-order valence-corrected chi connectivity index (χ0v) is 12.1. The van der Waals surface area contributed by atoms with Crippen LogP contribution in [0.25, 0.3) is 0 Å². The number of piperidine rings is 1. The van der Waals surface area contributed by atoms with Gasteiger partial charge in [-0.25, -0.2) is 4.98 Å². The van der Waals surface area contributed by atoms with Gasteiger partial charge in [-0.3, -0.25) is 0 Å². The van der Waals surface area contributed by atoms with E-state index in [1.54, 1.807) is 0 Å². The number of aromatic nitrogens is 2. The van der Waals surface area contributed by atoms with Crippen molar-refractivity contribution in [3.05, 3.63) is 11.9 Å². The summed E-state index contributed by atoms with van der Waals surface area (Å²) in [5.41, 5.74) is 1.11. The van der Waals surface area contributed by atoms with Crippen molar-refractivity contribution in [2.45, 2.75) is 39.7 Å². The number of anilines is 1. The van der Waals surface area contributed by atoms with Gasteiger partial charge in [0, 0.05) is 25.3 Å². The lowest BCUT2D eigenvalue weighted by Crippen LogP contribution is -2.34. The molecule has 2 rings (SSSR count). The normalized spacial score (nSPS) is 21.5. The molecule has 1 fully saturated rings.